The molecule has 0 saturated carbocycles. The van der Waals surface area contributed by atoms with Crippen molar-refractivity contribution in [3.05, 3.63) is 146 Å². The second-order valence-corrected chi connectivity index (χ2v) is 19.1. The molecule has 0 aliphatic carbocycles. The number of hydrogen-bond acceptors (Lipinski definition) is 8. The number of carbonyl (C=O) groups is 3. The van der Waals surface area contributed by atoms with Gasteiger partial charge in [0.15, 0.2) is 12.4 Å². The van der Waals surface area contributed by atoms with Crippen LogP contribution in [0.25, 0.3) is 0 Å². The Morgan fingerprint density at radius 1 is 0.411 bits per heavy atom. The maximum Gasteiger partial charge on any atom is 0.306 e. The number of likely N-dealkylation sites (N-methyl/N-ethyl adjacent to an activating group) is 1. The maximum absolute atomic E-state index is 12.8. The van der Waals surface area contributed by atoms with Crippen molar-refractivity contribution < 1.29 is 42.9 Å². The Morgan fingerprint density at radius 2 is 0.740 bits per heavy atom. The van der Waals surface area contributed by atoms with Crippen LogP contribution in [0.2, 0.25) is 0 Å². The Labute approximate surface area is 445 Å². The Morgan fingerprint density at radius 3 is 1.11 bits per heavy atom. The number of unbranched alkanes of at least 4 members (excludes halogenated alkanes) is 10. The smallest absolute Gasteiger partial charge is 0.306 e. The van der Waals surface area contributed by atoms with Gasteiger partial charge in [0, 0.05) is 12.8 Å². The molecule has 0 radical (unpaired) electrons. The van der Waals surface area contributed by atoms with E-state index in [1.54, 1.807) is 0 Å². The molecule has 0 aromatic rings. The molecule has 0 rings (SSSR count). The largest absolute Gasteiger partial charge is 0.545 e. The molecule has 0 heterocycles. The van der Waals surface area contributed by atoms with Gasteiger partial charge in [-0.15, -0.1) is 0 Å². The van der Waals surface area contributed by atoms with Crippen molar-refractivity contribution in [1.82, 2.24) is 0 Å². The van der Waals surface area contributed by atoms with Gasteiger partial charge in [-0.2, -0.15) is 0 Å². The lowest BCUT2D eigenvalue weighted by atomic mass is 10.1. The summed E-state index contributed by atoms with van der Waals surface area (Å²) >= 11 is 0. The van der Waals surface area contributed by atoms with Crippen molar-refractivity contribution >= 4 is 17.9 Å². The Hall–Kier alpha value is -4.83. The van der Waals surface area contributed by atoms with Crippen LogP contribution >= 0.6 is 0 Å². The number of aliphatic carboxylic acids is 1. The lowest BCUT2D eigenvalue weighted by molar-refractivity contribution is -0.870. The number of carbonyl (C=O) groups excluding carboxylic acids is 3. The van der Waals surface area contributed by atoms with E-state index in [0.717, 1.165) is 128 Å². The van der Waals surface area contributed by atoms with Crippen molar-refractivity contribution in [2.45, 2.75) is 193 Å². The number of allylic oxidation sites excluding steroid dienone is 24. The molecule has 0 amide bonds. The highest BCUT2D eigenvalue weighted by atomic mass is 16.7. The molecule has 0 aliphatic rings. The third-order valence-corrected chi connectivity index (χ3v) is 11.1. The van der Waals surface area contributed by atoms with Gasteiger partial charge < -0.3 is 33.3 Å². The lowest BCUT2D eigenvalue weighted by Gasteiger charge is -2.26. The van der Waals surface area contributed by atoms with Crippen molar-refractivity contribution in [2.24, 2.45) is 0 Å². The lowest BCUT2D eigenvalue weighted by Crippen LogP contribution is -2.44. The first-order valence-corrected chi connectivity index (χ1v) is 28.0. The first kappa shape index (κ1) is 68.2. The van der Waals surface area contributed by atoms with E-state index in [1.165, 1.54) is 12.8 Å². The van der Waals surface area contributed by atoms with Crippen molar-refractivity contribution in [3.63, 3.8) is 0 Å². The molecule has 9 heteroatoms. The number of carboxylic acids is 1. The molecule has 2 atom stereocenters. The summed E-state index contributed by atoms with van der Waals surface area (Å²) in [6, 6.07) is 0. The molecular weight excluding hydrogens is 911 g/mol. The van der Waals surface area contributed by atoms with E-state index in [-0.39, 0.29) is 32.7 Å². The molecule has 9 nitrogen and oxygen atoms in total. The molecule has 0 spiro atoms. The minimum Gasteiger partial charge on any atom is -0.545 e. The van der Waals surface area contributed by atoms with E-state index in [4.69, 9.17) is 18.9 Å². The van der Waals surface area contributed by atoms with Gasteiger partial charge in [-0.25, -0.2) is 0 Å². The Balaban J connectivity index is 4.27. The monoisotopic (exact) mass is 1010 g/mol. The van der Waals surface area contributed by atoms with Gasteiger partial charge in [0.1, 0.15) is 13.2 Å². The zero-order chi connectivity index (χ0) is 53.4. The minimum atomic E-state index is -1.64. The van der Waals surface area contributed by atoms with Gasteiger partial charge in [0.2, 0.25) is 0 Å². The van der Waals surface area contributed by atoms with Crippen molar-refractivity contribution in [2.75, 3.05) is 47.5 Å². The molecule has 0 bridgehead atoms. The average molecular weight is 1010 g/mol. The normalized spacial score (nSPS) is 13.9. The summed E-state index contributed by atoms with van der Waals surface area (Å²) in [4.78, 5) is 37.1. The fourth-order valence-electron chi connectivity index (χ4n) is 6.83. The second-order valence-electron chi connectivity index (χ2n) is 19.1. The van der Waals surface area contributed by atoms with E-state index in [9.17, 15) is 19.5 Å². The van der Waals surface area contributed by atoms with Crippen molar-refractivity contribution in [3.8, 4) is 0 Å². The summed E-state index contributed by atoms with van der Waals surface area (Å²) in [6.45, 7) is 4.43. The number of nitrogens with zero attached hydrogens (tertiary/aromatic N) is 1. The number of quaternary nitrogens is 1. The van der Waals surface area contributed by atoms with Crippen LogP contribution in [0.15, 0.2) is 146 Å². The molecule has 73 heavy (non-hydrogen) atoms. The standard InChI is InChI=1S/C64H101NO8/c1-6-8-10-12-14-16-18-20-21-22-23-24-25-26-27-28-29-30-31-32-33-34-35-36-37-38-39-40-41-43-45-47-49-51-53-55-62(67)73-60(59-72-64(63(68)69)70-57-56-65(3,4)5)58-71-61(66)54-52-50-48-46-44-42-19-17-15-13-11-9-7-2/h8-11,14-17,20-21,23-24,26-27,29-30,32-33,35-36,38-39,42,44,60,64H,6-7,12-13,18-19,22,25,28,31,34,37,40-41,43,45-59H2,1-5H3/b10-8-,11-9-,16-14-,17-15-,21-20-,24-23-,27-26-,30-29-,33-32-,36-35-,39-38-,44-42-. The van der Waals surface area contributed by atoms with E-state index in [2.05, 4.69) is 160 Å². The Kier molecular flexibility index (Phi) is 49.9. The zero-order valence-electron chi connectivity index (χ0n) is 46.4. The predicted octanol–water partition coefficient (Wildman–Crippen LogP) is 15.1. The van der Waals surface area contributed by atoms with Crippen LogP contribution in [0.4, 0.5) is 0 Å². The predicted molar refractivity (Wildman–Crippen MR) is 306 cm³/mol. The van der Waals surface area contributed by atoms with Crippen LogP contribution in [0.3, 0.4) is 0 Å². The topological polar surface area (TPSA) is 111 Å². The summed E-state index contributed by atoms with van der Waals surface area (Å²) in [5, 5.41) is 11.7. The van der Waals surface area contributed by atoms with Crippen molar-refractivity contribution in [1.29, 1.82) is 0 Å². The molecule has 2 unspecified atom stereocenters. The molecule has 0 N–H and O–H groups in total. The summed E-state index contributed by atoms with van der Waals surface area (Å²) in [6.07, 6.45) is 74.8. The first-order chi connectivity index (χ1) is 35.6. The third kappa shape index (κ3) is 54.8. The molecule has 0 aliphatic heterocycles. The summed E-state index contributed by atoms with van der Waals surface area (Å²) < 4.78 is 22.6. The minimum absolute atomic E-state index is 0.132. The van der Waals surface area contributed by atoms with Gasteiger partial charge in [0.05, 0.1) is 40.3 Å². The van der Waals surface area contributed by atoms with E-state index in [1.807, 2.05) is 21.1 Å². The SMILES string of the molecule is CC/C=C\C/C=C\C/C=C\C/C=C\C/C=C\C/C=C\C/C=C\C/C=C\C/C=C\CCCCCCCCCC(=O)OC(COC(=O)CCCCC/C=C\C/C=C\C/C=C\CC)COC(OCC[N+](C)(C)C)C(=O)[O-]. The van der Waals surface area contributed by atoms with Gasteiger partial charge in [-0.05, 0) is 116 Å². The van der Waals surface area contributed by atoms with Gasteiger partial charge in [0.25, 0.3) is 0 Å². The molecule has 0 aromatic carbocycles. The zero-order valence-corrected chi connectivity index (χ0v) is 46.4. The van der Waals surface area contributed by atoms with Gasteiger partial charge >= 0.3 is 11.9 Å². The number of hydrogen-bond donors (Lipinski definition) is 0. The summed E-state index contributed by atoms with van der Waals surface area (Å²) in [5.74, 6) is -2.36. The number of rotatable bonds is 49. The average Bonchev–Trinajstić information content (AvgIpc) is 3.36. The maximum atomic E-state index is 12.8. The molecule has 0 aromatic heterocycles. The quantitative estimate of drug-likeness (QED) is 0.0195. The summed E-state index contributed by atoms with van der Waals surface area (Å²) in [5.41, 5.74) is 0. The van der Waals surface area contributed by atoms with E-state index < -0.39 is 30.3 Å². The number of ether oxygens (including phenoxy) is 4. The van der Waals surface area contributed by atoms with Crippen LogP contribution in [-0.4, -0.2) is 82.3 Å². The van der Waals surface area contributed by atoms with E-state index in [0.29, 0.717) is 23.9 Å². The van der Waals surface area contributed by atoms with Gasteiger partial charge in [-0.3, -0.25) is 9.59 Å². The summed E-state index contributed by atoms with van der Waals surface area (Å²) in [7, 11) is 5.89. The number of carboxylic acid groups (broad SMARTS) is 1. The van der Waals surface area contributed by atoms with E-state index >= 15 is 0 Å². The van der Waals surface area contributed by atoms with Crippen LogP contribution in [0.1, 0.15) is 181 Å². The van der Waals surface area contributed by atoms with Crippen LogP contribution < -0.4 is 5.11 Å². The van der Waals surface area contributed by atoms with Crippen LogP contribution in [0.5, 0.6) is 0 Å². The van der Waals surface area contributed by atoms with Crippen LogP contribution in [-0.2, 0) is 33.3 Å². The number of esters is 2. The highest BCUT2D eigenvalue weighted by Gasteiger charge is 2.22. The molecular formula is C64H101NO8. The first-order valence-electron chi connectivity index (χ1n) is 28.0. The fourth-order valence-corrected chi connectivity index (χ4v) is 6.83. The van der Waals surface area contributed by atoms with Gasteiger partial charge in [-0.1, -0.05) is 198 Å². The highest BCUT2D eigenvalue weighted by molar-refractivity contribution is 5.70. The Bertz CT molecular complexity index is 1700. The third-order valence-electron chi connectivity index (χ3n) is 11.1. The molecule has 0 saturated heterocycles. The molecule has 410 valence electrons. The highest BCUT2D eigenvalue weighted by Crippen LogP contribution is 2.13. The molecule has 0 fully saturated rings. The fraction of sp³-hybridized carbons (Fsp3) is 0.578. The second kappa shape index (κ2) is 53.5. The van der Waals surface area contributed by atoms with Crippen LogP contribution in [0, 0.1) is 0 Å².